The van der Waals surface area contributed by atoms with E-state index < -0.39 is 0 Å². The van der Waals surface area contributed by atoms with Crippen molar-refractivity contribution in [2.45, 2.75) is 84.7 Å². The van der Waals surface area contributed by atoms with Gasteiger partial charge in [0.1, 0.15) is 0 Å². The fourth-order valence-corrected chi connectivity index (χ4v) is 8.17. The lowest BCUT2D eigenvalue weighted by atomic mass is 9.46. The molecule has 4 aliphatic carbocycles. The monoisotopic (exact) mass is 369 g/mol. The summed E-state index contributed by atoms with van der Waals surface area (Å²) in [6, 6.07) is 0. The molecular formula is C25H39NO. The molecule has 1 N–H and O–H groups in total. The maximum absolute atomic E-state index is 10.3. The molecule has 2 saturated carbocycles. The normalized spacial score (nSPS) is 49.6. The summed E-state index contributed by atoms with van der Waals surface area (Å²) in [4.78, 5) is 2.76. The van der Waals surface area contributed by atoms with E-state index in [2.05, 4.69) is 37.8 Å². The lowest BCUT2D eigenvalue weighted by molar-refractivity contribution is -0.0544. The molecule has 0 spiro atoms. The van der Waals surface area contributed by atoms with Gasteiger partial charge in [-0.05, 0) is 86.9 Å². The highest BCUT2D eigenvalue weighted by Gasteiger charge is 2.58. The summed E-state index contributed by atoms with van der Waals surface area (Å²) >= 11 is 0. The number of hydrogen-bond donors (Lipinski definition) is 1. The number of nitrogens with zero attached hydrogens (tertiary/aromatic N) is 1. The van der Waals surface area contributed by atoms with Crippen LogP contribution in [0.2, 0.25) is 0 Å². The maximum Gasteiger partial charge on any atom is 0.0577 e. The SMILES string of the molecule is CC1C=C2CC(O)CC[C@]2(C)[C@@H]2CC[C@]3(C)C(N4CCCCC4)=CC[C@H]3[C@H]12. The van der Waals surface area contributed by atoms with Crippen LogP contribution in [0.5, 0.6) is 0 Å². The van der Waals surface area contributed by atoms with E-state index in [1.807, 2.05) is 0 Å². The predicted molar refractivity (Wildman–Crippen MR) is 111 cm³/mol. The number of aliphatic hydroxyl groups is 1. The van der Waals surface area contributed by atoms with Crippen molar-refractivity contribution in [2.24, 2.45) is 34.5 Å². The Kier molecular flexibility index (Phi) is 4.31. The van der Waals surface area contributed by atoms with Crippen molar-refractivity contribution in [1.29, 1.82) is 0 Å². The quantitative estimate of drug-likeness (QED) is 0.614. The number of aliphatic hydroxyl groups excluding tert-OH is 1. The lowest BCUT2D eigenvalue weighted by Gasteiger charge is -2.60. The first-order valence-electron chi connectivity index (χ1n) is 11.8. The van der Waals surface area contributed by atoms with E-state index in [0.29, 0.717) is 16.7 Å². The zero-order valence-electron chi connectivity index (χ0n) is 17.7. The van der Waals surface area contributed by atoms with Gasteiger partial charge in [-0.15, -0.1) is 0 Å². The molecule has 1 saturated heterocycles. The molecule has 27 heavy (non-hydrogen) atoms. The van der Waals surface area contributed by atoms with Gasteiger partial charge < -0.3 is 10.0 Å². The minimum atomic E-state index is -0.0965. The van der Waals surface area contributed by atoms with Gasteiger partial charge in [-0.3, -0.25) is 0 Å². The molecule has 2 heteroatoms. The van der Waals surface area contributed by atoms with Crippen molar-refractivity contribution in [3.05, 3.63) is 23.4 Å². The van der Waals surface area contributed by atoms with Crippen LogP contribution in [0.4, 0.5) is 0 Å². The number of fused-ring (bicyclic) bond motifs is 5. The van der Waals surface area contributed by atoms with Crippen molar-refractivity contribution in [3.8, 4) is 0 Å². The maximum atomic E-state index is 10.3. The molecule has 0 aromatic heterocycles. The molecule has 7 atom stereocenters. The molecule has 3 fully saturated rings. The van der Waals surface area contributed by atoms with Crippen LogP contribution >= 0.6 is 0 Å². The second-order valence-corrected chi connectivity index (χ2v) is 11.0. The van der Waals surface area contributed by atoms with Crippen molar-refractivity contribution >= 4 is 0 Å². The molecule has 5 aliphatic rings. The number of rotatable bonds is 1. The first-order chi connectivity index (χ1) is 12.9. The number of likely N-dealkylation sites (tertiary alicyclic amines) is 1. The first-order valence-corrected chi connectivity index (χ1v) is 11.8. The fourth-order valence-electron chi connectivity index (χ4n) is 8.17. The molecule has 0 aromatic rings. The zero-order chi connectivity index (χ0) is 18.8. The van der Waals surface area contributed by atoms with Gasteiger partial charge in [0.15, 0.2) is 0 Å². The van der Waals surface area contributed by atoms with Crippen LogP contribution in [0.1, 0.15) is 78.6 Å². The second kappa shape index (κ2) is 6.37. The Morgan fingerprint density at radius 3 is 2.52 bits per heavy atom. The third-order valence-corrected chi connectivity index (χ3v) is 9.64. The van der Waals surface area contributed by atoms with Crippen LogP contribution in [0.3, 0.4) is 0 Å². The van der Waals surface area contributed by atoms with Crippen molar-refractivity contribution < 1.29 is 5.11 Å². The van der Waals surface area contributed by atoms with Crippen molar-refractivity contribution in [2.75, 3.05) is 13.1 Å². The smallest absolute Gasteiger partial charge is 0.0577 e. The van der Waals surface area contributed by atoms with E-state index in [9.17, 15) is 5.11 Å². The highest BCUT2D eigenvalue weighted by molar-refractivity contribution is 5.31. The highest BCUT2D eigenvalue weighted by atomic mass is 16.3. The molecule has 0 amide bonds. The summed E-state index contributed by atoms with van der Waals surface area (Å²) in [6.07, 6.45) is 16.5. The summed E-state index contributed by atoms with van der Waals surface area (Å²) in [5, 5.41) is 10.3. The Bertz CT molecular complexity index is 659. The summed E-state index contributed by atoms with van der Waals surface area (Å²) in [6.45, 7) is 10.2. The molecule has 2 nitrogen and oxygen atoms in total. The van der Waals surface area contributed by atoms with Gasteiger partial charge in [-0.2, -0.15) is 0 Å². The van der Waals surface area contributed by atoms with Gasteiger partial charge in [-0.1, -0.05) is 38.5 Å². The van der Waals surface area contributed by atoms with Crippen molar-refractivity contribution in [1.82, 2.24) is 4.90 Å². The third-order valence-electron chi connectivity index (χ3n) is 9.64. The van der Waals surface area contributed by atoms with E-state index in [1.165, 1.54) is 58.0 Å². The molecule has 0 aromatic carbocycles. The molecule has 5 rings (SSSR count). The second-order valence-electron chi connectivity index (χ2n) is 11.0. The number of piperidine rings is 1. The van der Waals surface area contributed by atoms with Crippen molar-refractivity contribution in [3.63, 3.8) is 0 Å². The fraction of sp³-hybridized carbons (Fsp3) is 0.840. The minimum absolute atomic E-state index is 0.0965. The molecule has 0 bridgehead atoms. The molecule has 150 valence electrons. The van der Waals surface area contributed by atoms with Crippen LogP contribution in [0.15, 0.2) is 23.4 Å². The first kappa shape index (κ1) is 18.3. The minimum Gasteiger partial charge on any atom is -0.393 e. The average Bonchev–Trinajstić information content (AvgIpc) is 3.01. The van der Waals surface area contributed by atoms with Crippen LogP contribution in [0.25, 0.3) is 0 Å². The number of allylic oxidation sites excluding steroid dienone is 3. The van der Waals surface area contributed by atoms with Crippen LogP contribution in [-0.2, 0) is 0 Å². The standard InChI is InChI=1S/C25H39NO/c1-17-15-18-16-19(27)9-11-24(18,2)21-10-12-25(3)20(23(17)21)7-8-22(25)26-13-5-4-6-14-26/h8,15,17,19-21,23,27H,4-7,9-14,16H2,1-3H3/t17?,19?,20-,21+,23-,24-,25-/m0/s1. The molecule has 1 heterocycles. The van der Waals surface area contributed by atoms with Crippen LogP contribution in [-0.4, -0.2) is 29.2 Å². The molecule has 2 unspecified atom stereocenters. The Labute approximate surface area is 166 Å². The Hall–Kier alpha value is -0.760. The third kappa shape index (κ3) is 2.61. The van der Waals surface area contributed by atoms with E-state index in [-0.39, 0.29) is 6.10 Å². The van der Waals surface area contributed by atoms with Gasteiger partial charge in [0.25, 0.3) is 0 Å². The largest absolute Gasteiger partial charge is 0.393 e. The van der Waals surface area contributed by atoms with Gasteiger partial charge in [0.05, 0.1) is 6.10 Å². The zero-order valence-corrected chi connectivity index (χ0v) is 17.7. The molecular weight excluding hydrogens is 330 g/mol. The number of hydrogen-bond acceptors (Lipinski definition) is 2. The summed E-state index contributed by atoms with van der Waals surface area (Å²) < 4.78 is 0. The summed E-state index contributed by atoms with van der Waals surface area (Å²) in [5.41, 5.74) is 4.08. The van der Waals surface area contributed by atoms with Gasteiger partial charge in [0.2, 0.25) is 0 Å². The Balaban J connectivity index is 1.46. The lowest BCUT2D eigenvalue weighted by Crippen LogP contribution is -2.53. The summed E-state index contributed by atoms with van der Waals surface area (Å²) in [5.74, 6) is 3.14. The van der Waals surface area contributed by atoms with E-state index in [1.54, 1.807) is 11.3 Å². The van der Waals surface area contributed by atoms with Crippen LogP contribution in [0, 0.1) is 34.5 Å². The van der Waals surface area contributed by atoms with E-state index in [0.717, 1.165) is 30.6 Å². The highest BCUT2D eigenvalue weighted by Crippen LogP contribution is 2.66. The van der Waals surface area contributed by atoms with Gasteiger partial charge in [-0.25, -0.2) is 0 Å². The summed E-state index contributed by atoms with van der Waals surface area (Å²) in [7, 11) is 0. The Morgan fingerprint density at radius 2 is 1.74 bits per heavy atom. The Morgan fingerprint density at radius 1 is 1.00 bits per heavy atom. The molecule has 0 radical (unpaired) electrons. The average molecular weight is 370 g/mol. The van der Waals surface area contributed by atoms with E-state index >= 15 is 0 Å². The van der Waals surface area contributed by atoms with E-state index in [4.69, 9.17) is 0 Å². The molecule has 1 aliphatic heterocycles. The predicted octanol–water partition coefficient (Wildman–Crippen LogP) is 5.54. The van der Waals surface area contributed by atoms with Gasteiger partial charge in [0, 0.05) is 24.2 Å². The van der Waals surface area contributed by atoms with Crippen LogP contribution < -0.4 is 0 Å². The van der Waals surface area contributed by atoms with Gasteiger partial charge >= 0.3 is 0 Å². The topological polar surface area (TPSA) is 23.5 Å².